The summed E-state index contributed by atoms with van der Waals surface area (Å²) in [5.41, 5.74) is 3.68. The highest BCUT2D eigenvalue weighted by Crippen LogP contribution is 2.26. The summed E-state index contributed by atoms with van der Waals surface area (Å²) in [4.78, 5) is 34.0. The van der Waals surface area contributed by atoms with Crippen LogP contribution in [-0.2, 0) is 18.2 Å². The van der Waals surface area contributed by atoms with Gasteiger partial charge in [-0.25, -0.2) is 19.1 Å². The maximum Gasteiger partial charge on any atom is 0.516 e. The average Bonchev–Trinajstić information content (AvgIpc) is 3.37. The van der Waals surface area contributed by atoms with Crippen LogP contribution in [0.15, 0.2) is 77.8 Å². The average molecular weight is 557 g/mol. The van der Waals surface area contributed by atoms with Gasteiger partial charge in [0.15, 0.2) is 5.82 Å². The maximum absolute atomic E-state index is 12.6. The van der Waals surface area contributed by atoms with Crippen LogP contribution >= 0.6 is 0 Å². The Morgan fingerprint density at radius 2 is 1.93 bits per heavy atom. The van der Waals surface area contributed by atoms with Crippen LogP contribution in [0.3, 0.4) is 0 Å². The number of carbonyl (C=O) groups excluding carboxylic acids is 1. The van der Waals surface area contributed by atoms with Crippen LogP contribution < -0.4 is 5.43 Å². The molecule has 0 saturated heterocycles. The van der Waals surface area contributed by atoms with Crippen molar-refractivity contribution in [1.82, 2.24) is 29.5 Å². The van der Waals surface area contributed by atoms with Gasteiger partial charge >= 0.3 is 6.09 Å². The number of aromatic nitrogens is 6. The molecule has 1 aliphatic heterocycles. The summed E-state index contributed by atoms with van der Waals surface area (Å²) in [6.07, 6.45) is 21.3. The highest BCUT2D eigenvalue weighted by molar-refractivity contribution is 5.67. The molecule has 4 heterocycles. The summed E-state index contributed by atoms with van der Waals surface area (Å²) < 4.78 is 9.18. The number of amides is 1. The van der Waals surface area contributed by atoms with Crippen molar-refractivity contribution in [2.75, 3.05) is 20.1 Å². The number of quaternary nitrogens is 1. The molecule has 41 heavy (non-hydrogen) atoms. The number of hydrogen-bond donors (Lipinski definition) is 0. The van der Waals surface area contributed by atoms with Crippen molar-refractivity contribution in [3.8, 4) is 5.69 Å². The van der Waals surface area contributed by atoms with Gasteiger partial charge in [-0.2, -0.15) is 15.0 Å². The number of allylic oxidation sites excluding steroid dienone is 5. The van der Waals surface area contributed by atoms with Crippen LogP contribution in [0.25, 0.3) is 17.3 Å². The molecule has 0 radical (unpaired) electrons. The van der Waals surface area contributed by atoms with Gasteiger partial charge in [0.05, 0.1) is 26.0 Å². The fraction of sp³-hybridized carbons (Fsp3) is 0.355. The number of aryl methyl sites for hydroxylation is 1. The molecule has 0 spiro atoms. The summed E-state index contributed by atoms with van der Waals surface area (Å²) in [5, 5.41) is 8.67. The van der Waals surface area contributed by atoms with E-state index < -0.39 is 5.60 Å². The van der Waals surface area contributed by atoms with E-state index in [1.165, 1.54) is 6.07 Å². The molecular formula is C31H38N7O3+. The Morgan fingerprint density at radius 1 is 1.17 bits per heavy atom. The molecule has 10 nitrogen and oxygen atoms in total. The smallest absolute Gasteiger partial charge is 0.414 e. The third-order valence-corrected chi connectivity index (χ3v) is 6.74. The van der Waals surface area contributed by atoms with Crippen LogP contribution in [-0.4, -0.2) is 65.8 Å². The van der Waals surface area contributed by atoms with Crippen molar-refractivity contribution in [3.63, 3.8) is 0 Å². The fourth-order valence-electron chi connectivity index (χ4n) is 4.27. The summed E-state index contributed by atoms with van der Waals surface area (Å²) >= 11 is 0. The Bertz CT molecular complexity index is 1570. The Balaban J connectivity index is 1.35. The molecule has 0 bridgehead atoms. The molecule has 3 aromatic rings. The highest BCUT2D eigenvalue weighted by Gasteiger charge is 2.38. The molecule has 1 atom stereocenters. The molecule has 214 valence electrons. The lowest BCUT2D eigenvalue weighted by Gasteiger charge is -2.35. The van der Waals surface area contributed by atoms with Crippen molar-refractivity contribution < 1.29 is 14.0 Å². The second kappa shape index (κ2) is 12.4. The van der Waals surface area contributed by atoms with Crippen molar-refractivity contribution >= 4 is 17.7 Å². The van der Waals surface area contributed by atoms with Crippen molar-refractivity contribution in [2.45, 2.75) is 46.1 Å². The van der Waals surface area contributed by atoms with E-state index in [0.29, 0.717) is 31.0 Å². The largest absolute Gasteiger partial charge is 0.516 e. The zero-order valence-corrected chi connectivity index (χ0v) is 24.6. The minimum Gasteiger partial charge on any atom is -0.414 e. The van der Waals surface area contributed by atoms with E-state index in [2.05, 4.69) is 26.2 Å². The Hall–Kier alpha value is -4.44. The Labute approximate surface area is 240 Å². The van der Waals surface area contributed by atoms with E-state index in [-0.39, 0.29) is 16.0 Å². The number of likely N-dealkylation sites (N-methyl/N-ethyl adjacent to an activating group) is 1. The second-order valence-electron chi connectivity index (χ2n) is 11.3. The van der Waals surface area contributed by atoms with Crippen molar-refractivity contribution in [3.05, 3.63) is 100 Å². The standard InChI is InChI=1S/C31H38N7O3/c1-7-23(18-27-28(39)12-15-37(35-27)26-21-34-36(5)22-26)10-8-9-11-29-32-19-25(20-33-29)24-13-16-38(6,17-14-24)30(40)41-31(2,3)4/h7-13,15,19-22H,14,16-18H2,1-6H3/q+1. The first-order chi connectivity index (χ1) is 19.5. The van der Waals surface area contributed by atoms with Crippen LogP contribution in [0.4, 0.5) is 4.79 Å². The third-order valence-electron chi connectivity index (χ3n) is 6.74. The molecule has 0 aromatic carbocycles. The Morgan fingerprint density at radius 3 is 2.54 bits per heavy atom. The van der Waals surface area contributed by atoms with Gasteiger partial charge in [0.2, 0.25) is 5.43 Å². The molecule has 1 aliphatic rings. The van der Waals surface area contributed by atoms with Gasteiger partial charge in [-0.15, -0.1) is 0 Å². The van der Waals surface area contributed by atoms with E-state index in [4.69, 9.17) is 4.74 Å². The molecule has 1 amide bonds. The number of ether oxygens (including phenoxy) is 1. The molecule has 0 N–H and O–H groups in total. The molecule has 0 fully saturated rings. The predicted molar refractivity (Wildman–Crippen MR) is 159 cm³/mol. The predicted octanol–water partition coefficient (Wildman–Crippen LogP) is 4.68. The fourth-order valence-corrected chi connectivity index (χ4v) is 4.27. The van der Waals surface area contributed by atoms with Gasteiger partial charge in [-0.1, -0.05) is 24.3 Å². The lowest BCUT2D eigenvalue weighted by molar-refractivity contribution is -0.833. The lowest BCUT2D eigenvalue weighted by atomic mass is 10.0. The topological polar surface area (TPSA) is 105 Å². The highest BCUT2D eigenvalue weighted by atomic mass is 16.6. The zero-order valence-electron chi connectivity index (χ0n) is 24.6. The first kappa shape index (κ1) is 29.5. The van der Waals surface area contributed by atoms with E-state index in [1.54, 1.807) is 21.8 Å². The molecule has 1 unspecified atom stereocenters. The molecule has 0 aliphatic carbocycles. The van der Waals surface area contributed by atoms with Gasteiger partial charge in [0, 0.05) is 50.1 Å². The molecular weight excluding hydrogens is 518 g/mol. The molecule has 3 aromatic heterocycles. The van der Waals surface area contributed by atoms with Gasteiger partial charge < -0.3 is 4.74 Å². The number of nitrogens with zero attached hydrogens (tertiary/aromatic N) is 7. The maximum atomic E-state index is 12.6. The first-order valence-corrected chi connectivity index (χ1v) is 13.6. The summed E-state index contributed by atoms with van der Waals surface area (Å²) in [7, 11) is 3.74. The van der Waals surface area contributed by atoms with E-state index in [1.807, 2.05) is 90.8 Å². The van der Waals surface area contributed by atoms with Crippen molar-refractivity contribution in [2.24, 2.45) is 7.05 Å². The minimum atomic E-state index is -0.507. The molecule has 4 rings (SSSR count). The van der Waals surface area contributed by atoms with E-state index in [0.717, 1.165) is 28.8 Å². The van der Waals surface area contributed by atoms with E-state index in [9.17, 15) is 9.59 Å². The third kappa shape index (κ3) is 7.82. The molecule has 10 heteroatoms. The minimum absolute atomic E-state index is 0.108. The normalized spacial score (nSPS) is 18.2. The van der Waals surface area contributed by atoms with Crippen LogP contribution in [0.5, 0.6) is 0 Å². The van der Waals surface area contributed by atoms with Gasteiger partial charge in [0.1, 0.15) is 23.5 Å². The van der Waals surface area contributed by atoms with E-state index >= 15 is 0 Å². The summed E-state index contributed by atoms with van der Waals surface area (Å²) in [5.74, 6) is 0.593. The van der Waals surface area contributed by atoms with Crippen molar-refractivity contribution in [1.29, 1.82) is 0 Å². The van der Waals surface area contributed by atoms with Gasteiger partial charge in [0.25, 0.3) is 0 Å². The Kier molecular flexibility index (Phi) is 8.92. The van der Waals surface area contributed by atoms with Crippen LogP contribution in [0.2, 0.25) is 0 Å². The number of carbonyl (C=O) groups is 1. The quantitative estimate of drug-likeness (QED) is 0.307. The number of hydrogen-bond acceptors (Lipinski definition) is 7. The number of rotatable bonds is 7. The van der Waals surface area contributed by atoms with Crippen LogP contribution in [0.1, 0.15) is 51.2 Å². The van der Waals surface area contributed by atoms with Gasteiger partial charge in [-0.05, 0) is 51.0 Å². The van der Waals surface area contributed by atoms with Crippen LogP contribution in [0, 0.1) is 0 Å². The van der Waals surface area contributed by atoms with Gasteiger partial charge in [-0.3, -0.25) is 9.48 Å². The summed E-state index contributed by atoms with van der Waals surface area (Å²) in [6, 6.07) is 1.52. The summed E-state index contributed by atoms with van der Waals surface area (Å²) in [6.45, 7) is 8.82. The monoisotopic (exact) mass is 556 g/mol. The second-order valence-corrected chi connectivity index (χ2v) is 11.3. The molecule has 0 saturated carbocycles. The lowest BCUT2D eigenvalue weighted by Crippen LogP contribution is -2.53. The zero-order chi connectivity index (χ0) is 29.6. The SMILES string of the molecule is CC=C(C=CC=Cc1ncc(C2=CC[N+](C)(C(=O)OC(C)(C)C)CC2)cn1)Cc1nn(-c2cnn(C)c2)ccc1=O. The first-order valence-electron chi connectivity index (χ1n) is 13.6.